The van der Waals surface area contributed by atoms with Crippen LogP contribution in [0.2, 0.25) is 0 Å². The van der Waals surface area contributed by atoms with Crippen LogP contribution in [0.4, 0.5) is 5.69 Å². The predicted octanol–water partition coefficient (Wildman–Crippen LogP) is 1.01. The van der Waals surface area contributed by atoms with Crippen LogP contribution in [0.15, 0.2) is 18.2 Å². The van der Waals surface area contributed by atoms with Crippen molar-refractivity contribution in [1.29, 1.82) is 0 Å². The Hall–Kier alpha value is -1.80. The molecule has 0 amide bonds. The van der Waals surface area contributed by atoms with Gasteiger partial charge in [0.1, 0.15) is 5.75 Å². The summed E-state index contributed by atoms with van der Waals surface area (Å²) in [6.07, 6.45) is 1.13. The summed E-state index contributed by atoms with van der Waals surface area (Å²) >= 11 is 0. The molecule has 0 aliphatic carbocycles. The number of aromatic carboxylic acids is 1. The van der Waals surface area contributed by atoms with Crippen LogP contribution < -0.4 is 4.72 Å². The summed E-state index contributed by atoms with van der Waals surface area (Å²) in [5, 5.41) is 18.3. The van der Waals surface area contributed by atoms with E-state index in [0.717, 1.165) is 12.5 Å². The molecule has 1 fully saturated rings. The number of anilines is 1. The van der Waals surface area contributed by atoms with Crippen molar-refractivity contribution < 1.29 is 28.2 Å². The van der Waals surface area contributed by atoms with Gasteiger partial charge in [-0.25, -0.2) is 13.2 Å². The molecule has 7 nitrogen and oxygen atoms in total. The number of benzene rings is 1. The Balaban J connectivity index is 2.18. The van der Waals surface area contributed by atoms with Crippen LogP contribution in [0.1, 0.15) is 23.2 Å². The van der Waals surface area contributed by atoms with Crippen LogP contribution in [0.25, 0.3) is 0 Å². The first kappa shape index (κ1) is 14.6. The Morgan fingerprint density at radius 3 is 2.80 bits per heavy atom. The van der Waals surface area contributed by atoms with Gasteiger partial charge in [-0.3, -0.25) is 4.72 Å². The molecule has 1 aromatic rings. The van der Waals surface area contributed by atoms with E-state index < -0.39 is 16.0 Å². The summed E-state index contributed by atoms with van der Waals surface area (Å²) in [6, 6.07) is 3.43. The van der Waals surface area contributed by atoms with Crippen molar-refractivity contribution >= 4 is 21.7 Å². The van der Waals surface area contributed by atoms with E-state index in [4.69, 9.17) is 9.84 Å². The second kappa shape index (κ2) is 5.68. The smallest absolute Gasteiger partial charge is 0.337 e. The minimum Gasteiger partial charge on any atom is -0.508 e. The van der Waals surface area contributed by atoms with Gasteiger partial charge in [0.05, 0.1) is 23.1 Å². The number of nitrogens with one attached hydrogen (secondary N) is 1. The number of aromatic hydroxyl groups is 1. The van der Waals surface area contributed by atoms with Crippen LogP contribution >= 0.6 is 0 Å². The minimum absolute atomic E-state index is 0.0757. The molecule has 1 aliphatic rings. The number of hydrogen-bond acceptors (Lipinski definition) is 5. The molecule has 1 unspecified atom stereocenters. The van der Waals surface area contributed by atoms with E-state index in [0.29, 0.717) is 13.0 Å². The molecule has 20 heavy (non-hydrogen) atoms. The Kier molecular flexibility index (Phi) is 4.15. The van der Waals surface area contributed by atoms with E-state index in [-0.39, 0.29) is 28.9 Å². The third kappa shape index (κ3) is 3.61. The van der Waals surface area contributed by atoms with Crippen molar-refractivity contribution in [3.05, 3.63) is 23.8 Å². The molecule has 0 bridgehead atoms. The third-order valence-electron chi connectivity index (χ3n) is 2.93. The van der Waals surface area contributed by atoms with Crippen LogP contribution in [0, 0.1) is 0 Å². The lowest BCUT2D eigenvalue weighted by Crippen LogP contribution is -2.26. The summed E-state index contributed by atoms with van der Waals surface area (Å²) in [5.41, 5.74) is -0.380. The molecule has 1 heterocycles. The van der Waals surface area contributed by atoms with Crippen molar-refractivity contribution in [3.63, 3.8) is 0 Å². The first-order valence-corrected chi connectivity index (χ1v) is 7.71. The lowest BCUT2D eigenvalue weighted by atomic mass is 10.2. The summed E-state index contributed by atoms with van der Waals surface area (Å²) in [7, 11) is -3.71. The Morgan fingerprint density at radius 2 is 2.20 bits per heavy atom. The maximum absolute atomic E-state index is 12.0. The first-order chi connectivity index (χ1) is 9.37. The molecule has 0 saturated carbocycles. The predicted molar refractivity (Wildman–Crippen MR) is 71.4 cm³/mol. The molecular weight excluding hydrogens is 286 g/mol. The number of carboxylic acid groups (broad SMARTS) is 1. The van der Waals surface area contributed by atoms with Crippen LogP contribution in [0.3, 0.4) is 0 Å². The fourth-order valence-corrected chi connectivity index (χ4v) is 3.38. The summed E-state index contributed by atoms with van der Waals surface area (Å²) < 4.78 is 31.4. The number of rotatable bonds is 5. The zero-order valence-electron chi connectivity index (χ0n) is 10.6. The molecule has 3 N–H and O–H groups in total. The molecule has 0 aromatic heterocycles. The standard InChI is InChI=1S/C12H15NO6S/c14-8-3-4-11(10(6-8)12(15)16)13-20(17,18)7-9-2-1-5-19-9/h3-4,6,9,13-14H,1-2,5,7H2,(H,15,16). The number of sulfonamides is 1. The summed E-state index contributed by atoms with van der Waals surface area (Å²) in [5.74, 6) is -1.78. The SMILES string of the molecule is O=C(O)c1cc(O)ccc1NS(=O)(=O)CC1CCCO1. The minimum atomic E-state index is -3.71. The molecule has 0 spiro atoms. The van der Waals surface area contributed by atoms with E-state index in [9.17, 15) is 18.3 Å². The average molecular weight is 301 g/mol. The van der Waals surface area contributed by atoms with Crippen LogP contribution in [0.5, 0.6) is 5.75 Å². The highest BCUT2D eigenvalue weighted by Crippen LogP contribution is 2.23. The molecule has 110 valence electrons. The van der Waals surface area contributed by atoms with E-state index >= 15 is 0 Å². The zero-order chi connectivity index (χ0) is 14.8. The van der Waals surface area contributed by atoms with Gasteiger partial charge in [-0.2, -0.15) is 0 Å². The van der Waals surface area contributed by atoms with Gasteiger partial charge < -0.3 is 14.9 Å². The first-order valence-electron chi connectivity index (χ1n) is 6.06. The normalized spacial score (nSPS) is 18.9. The zero-order valence-corrected chi connectivity index (χ0v) is 11.4. The quantitative estimate of drug-likeness (QED) is 0.700. The summed E-state index contributed by atoms with van der Waals surface area (Å²) in [4.78, 5) is 11.0. The van der Waals surface area contributed by atoms with Crippen LogP contribution in [-0.2, 0) is 14.8 Å². The lowest BCUT2D eigenvalue weighted by Gasteiger charge is -2.13. The van der Waals surface area contributed by atoms with Gasteiger partial charge in [-0.05, 0) is 31.0 Å². The van der Waals surface area contributed by atoms with E-state index in [2.05, 4.69) is 4.72 Å². The van der Waals surface area contributed by atoms with Crippen molar-refractivity contribution in [2.75, 3.05) is 17.1 Å². The fourth-order valence-electron chi connectivity index (χ4n) is 2.03. The molecule has 8 heteroatoms. The van der Waals surface area contributed by atoms with Gasteiger partial charge in [-0.1, -0.05) is 0 Å². The topological polar surface area (TPSA) is 113 Å². The molecule has 1 aromatic carbocycles. The van der Waals surface area contributed by atoms with Crippen LogP contribution in [-0.4, -0.2) is 43.1 Å². The van der Waals surface area contributed by atoms with E-state index in [1.165, 1.54) is 12.1 Å². The van der Waals surface area contributed by atoms with Gasteiger partial charge in [0, 0.05) is 6.61 Å². The average Bonchev–Trinajstić information content (AvgIpc) is 2.82. The maximum atomic E-state index is 12.0. The van der Waals surface area contributed by atoms with E-state index in [1.54, 1.807) is 0 Å². The molecule has 1 atom stereocenters. The number of carbonyl (C=O) groups is 1. The number of phenols is 1. The van der Waals surface area contributed by atoms with E-state index in [1.807, 2.05) is 0 Å². The Labute approximate surface area is 116 Å². The Bertz CT molecular complexity index is 606. The highest BCUT2D eigenvalue weighted by molar-refractivity contribution is 7.92. The van der Waals surface area contributed by atoms with Gasteiger partial charge in [0.2, 0.25) is 10.0 Å². The van der Waals surface area contributed by atoms with Gasteiger partial charge in [0.25, 0.3) is 0 Å². The highest BCUT2D eigenvalue weighted by Gasteiger charge is 2.24. The molecule has 1 aliphatic heterocycles. The van der Waals surface area contributed by atoms with Crippen molar-refractivity contribution in [1.82, 2.24) is 0 Å². The third-order valence-corrected chi connectivity index (χ3v) is 4.27. The maximum Gasteiger partial charge on any atom is 0.337 e. The lowest BCUT2D eigenvalue weighted by molar-refractivity contribution is 0.0697. The second-order valence-corrected chi connectivity index (χ2v) is 6.32. The number of hydrogen-bond donors (Lipinski definition) is 3. The van der Waals surface area contributed by atoms with Crippen molar-refractivity contribution in [3.8, 4) is 5.75 Å². The molecular formula is C12H15NO6S. The number of phenolic OH excluding ortho intramolecular Hbond substituents is 1. The van der Waals surface area contributed by atoms with Gasteiger partial charge >= 0.3 is 5.97 Å². The monoisotopic (exact) mass is 301 g/mol. The van der Waals surface area contributed by atoms with Crippen molar-refractivity contribution in [2.45, 2.75) is 18.9 Å². The van der Waals surface area contributed by atoms with Crippen molar-refractivity contribution in [2.24, 2.45) is 0 Å². The number of ether oxygens (including phenoxy) is 1. The fraction of sp³-hybridized carbons (Fsp3) is 0.417. The molecule has 1 saturated heterocycles. The highest BCUT2D eigenvalue weighted by atomic mass is 32.2. The Morgan fingerprint density at radius 1 is 1.45 bits per heavy atom. The second-order valence-electron chi connectivity index (χ2n) is 4.55. The summed E-state index contributed by atoms with van der Waals surface area (Å²) in [6.45, 7) is 0.541. The molecule has 2 rings (SSSR count). The molecule has 0 radical (unpaired) electrons. The van der Waals surface area contributed by atoms with Gasteiger partial charge in [0.15, 0.2) is 0 Å². The largest absolute Gasteiger partial charge is 0.508 e. The number of carboxylic acids is 1. The van der Waals surface area contributed by atoms with Gasteiger partial charge in [-0.15, -0.1) is 0 Å².